The van der Waals surface area contributed by atoms with Gasteiger partial charge in [0.2, 0.25) is 0 Å². The first-order chi connectivity index (χ1) is 7.88. The predicted molar refractivity (Wildman–Crippen MR) is 68.3 cm³/mol. The van der Waals surface area contributed by atoms with Crippen LogP contribution in [0.3, 0.4) is 0 Å². The summed E-state index contributed by atoms with van der Waals surface area (Å²) in [7, 11) is 0. The first-order valence-electron chi connectivity index (χ1n) is 5.68. The molecule has 1 heterocycles. The molecule has 0 spiro atoms. The van der Waals surface area contributed by atoms with Crippen molar-refractivity contribution in [2.24, 2.45) is 0 Å². The average molecular weight is 231 g/mol. The molecule has 0 aliphatic rings. The standard InChI is InChI=1S/C14H17NO2/c1-10-9-15(13(16)17-14(2,3)4)12-8-6-5-7-11(10)12/h5-9H,1-4H3. The number of nitrogens with zero attached hydrogens (tertiary/aromatic N) is 1. The summed E-state index contributed by atoms with van der Waals surface area (Å²) in [6.07, 6.45) is 1.49. The Morgan fingerprint density at radius 3 is 2.53 bits per heavy atom. The van der Waals surface area contributed by atoms with Crippen LogP contribution in [0.4, 0.5) is 4.79 Å². The third-order valence-electron chi connectivity index (χ3n) is 2.50. The number of hydrogen-bond acceptors (Lipinski definition) is 2. The molecule has 3 heteroatoms. The Hall–Kier alpha value is -1.77. The molecule has 0 aliphatic heterocycles. The normalized spacial score (nSPS) is 11.8. The van der Waals surface area contributed by atoms with Crippen LogP contribution in [0.5, 0.6) is 0 Å². The molecule has 0 N–H and O–H groups in total. The van der Waals surface area contributed by atoms with Gasteiger partial charge < -0.3 is 4.74 Å². The quantitative estimate of drug-likeness (QED) is 0.691. The summed E-state index contributed by atoms with van der Waals surface area (Å²) in [5.74, 6) is 0. The smallest absolute Gasteiger partial charge is 0.418 e. The molecule has 0 atom stereocenters. The summed E-state index contributed by atoms with van der Waals surface area (Å²) < 4.78 is 6.93. The fraction of sp³-hybridized carbons (Fsp3) is 0.357. The van der Waals surface area contributed by atoms with Gasteiger partial charge in [-0.2, -0.15) is 0 Å². The van der Waals surface area contributed by atoms with Gasteiger partial charge in [0.1, 0.15) is 5.60 Å². The number of aryl methyl sites for hydroxylation is 1. The predicted octanol–water partition coefficient (Wildman–Crippen LogP) is 3.73. The largest absolute Gasteiger partial charge is 0.443 e. The van der Waals surface area contributed by atoms with Gasteiger partial charge in [0.25, 0.3) is 0 Å². The zero-order valence-corrected chi connectivity index (χ0v) is 10.7. The first kappa shape index (κ1) is 11.7. The molecule has 1 aromatic heterocycles. The van der Waals surface area contributed by atoms with Crippen molar-refractivity contribution in [3.8, 4) is 0 Å². The number of benzene rings is 1. The highest BCUT2D eigenvalue weighted by Crippen LogP contribution is 2.21. The summed E-state index contributed by atoms with van der Waals surface area (Å²) in [4.78, 5) is 12.0. The molecule has 90 valence electrons. The molecular weight excluding hydrogens is 214 g/mol. The molecule has 0 fully saturated rings. The van der Waals surface area contributed by atoms with Crippen molar-refractivity contribution >= 4 is 17.0 Å². The second kappa shape index (κ2) is 3.91. The molecule has 0 bridgehead atoms. The summed E-state index contributed by atoms with van der Waals surface area (Å²) >= 11 is 0. The van der Waals surface area contributed by atoms with Gasteiger partial charge in [0.05, 0.1) is 5.52 Å². The first-order valence-corrected chi connectivity index (χ1v) is 5.68. The second-order valence-electron chi connectivity index (χ2n) is 5.18. The number of carbonyl (C=O) groups excluding carboxylic acids is 1. The minimum absolute atomic E-state index is 0.332. The lowest BCUT2D eigenvalue weighted by Gasteiger charge is -2.19. The Morgan fingerprint density at radius 1 is 1.24 bits per heavy atom. The molecule has 0 unspecified atom stereocenters. The number of fused-ring (bicyclic) bond motifs is 1. The van der Waals surface area contributed by atoms with Crippen molar-refractivity contribution < 1.29 is 9.53 Å². The molecule has 1 aromatic carbocycles. The van der Waals surface area contributed by atoms with E-state index in [0.717, 1.165) is 16.5 Å². The Labute approximate surface area is 101 Å². The van der Waals surface area contributed by atoms with Crippen LogP contribution in [0, 0.1) is 6.92 Å². The van der Waals surface area contributed by atoms with Gasteiger partial charge in [0.15, 0.2) is 0 Å². The third kappa shape index (κ3) is 2.33. The van der Waals surface area contributed by atoms with Crippen molar-refractivity contribution in [1.82, 2.24) is 4.57 Å². The molecule has 0 saturated carbocycles. The lowest BCUT2D eigenvalue weighted by atomic mass is 10.2. The Balaban J connectivity index is 2.46. The van der Waals surface area contributed by atoms with Gasteiger partial charge in [-0.05, 0) is 39.3 Å². The number of carbonyl (C=O) groups is 1. The Morgan fingerprint density at radius 2 is 1.88 bits per heavy atom. The van der Waals surface area contributed by atoms with Crippen molar-refractivity contribution in [3.63, 3.8) is 0 Å². The maximum atomic E-state index is 12.0. The number of rotatable bonds is 0. The number of ether oxygens (including phenoxy) is 1. The highest BCUT2D eigenvalue weighted by molar-refractivity contribution is 5.91. The maximum absolute atomic E-state index is 12.0. The van der Waals surface area contributed by atoms with E-state index in [1.54, 1.807) is 4.57 Å². The van der Waals surface area contributed by atoms with Gasteiger partial charge in [-0.15, -0.1) is 0 Å². The number of para-hydroxylation sites is 1. The summed E-state index contributed by atoms with van der Waals surface area (Å²) in [5.41, 5.74) is 1.49. The van der Waals surface area contributed by atoms with Crippen LogP contribution in [0.15, 0.2) is 30.5 Å². The second-order valence-corrected chi connectivity index (χ2v) is 5.18. The van der Waals surface area contributed by atoms with Crippen LogP contribution in [-0.2, 0) is 4.74 Å². The summed E-state index contributed by atoms with van der Waals surface area (Å²) in [6.45, 7) is 7.58. The molecule has 2 aromatic rings. The summed E-state index contributed by atoms with van der Waals surface area (Å²) in [5, 5.41) is 1.08. The van der Waals surface area contributed by atoms with Crippen molar-refractivity contribution in [2.75, 3.05) is 0 Å². The minimum Gasteiger partial charge on any atom is -0.443 e. The van der Waals surface area contributed by atoms with E-state index >= 15 is 0 Å². The molecule has 3 nitrogen and oxygen atoms in total. The number of aromatic nitrogens is 1. The lowest BCUT2D eigenvalue weighted by Crippen LogP contribution is -2.26. The van der Waals surface area contributed by atoms with E-state index in [1.165, 1.54) is 0 Å². The highest BCUT2D eigenvalue weighted by atomic mass is 16.6. The van der Waals surface area contributed by atoms with Crippen molar-refractivity contribution in [3.05, 3.63) is 36.0 Å². The van der Waals surface area contributed by atoms with Gasteiger partial charge in [-0.25, -0.2) is 4.79 Å². The molecule has 0 amide bonds. The molecule has 2 rings (SSSR count). The lowest BCUT2D eigenvalue weighted by molar-refractivity contribution is 0.0544. The van der Waals surface area contributed by atoms with E-state index in [0.29, 0.717) is 0 Å². The SMILES string of the molecule is Cc1cn(C(=O)OC(C)(C)C)c2ccccc12. The summed E-state index contributed by atoms with van der Waals surface area (Å²) in [6, 6.07) is 7.81. The molecule has 0 saturated heterocycles. The van der Waals surface area contributed by atoms with Gasteiger partial charge >= 0.3 is 6.09 Å². The minimum atomic E-state index is -0.476. The highest BCUT2D eigenvalue weighted by Gasteiger charge is 2.19. The van der Waals surface area contributed by atoms with E-state index in [2.05, 4.69) is 0 Å². The van der Waals surface area contributed by atoms with Crippen molar-refractivity contribution in [2.45, 2.75) is 33.3 Å². The monoisotopic (exact) mass is 231 g/mol. The zero-order chi connectivity index (χ0) is 12.6. The average Bonchev–Trinajstić information content (AvgIpc) is 2.55. The third-order valence-corrected chi connectivity index (χ3v) is 2.50. The van der Waals surface area contributed by atoms with Crippen LogP contribution < -0.4 is 0 Å². The van der Waals surface area contributed by atoms with Gasteiger partial charge in [-0.1, -0.05) is 18.2 Å². The molecule has 0 radical (unpaired) electrons. The molecule has 17 heavy (non-hydrogen) atoms. The van der Waals surface area contributed by atoms with E-state index < -0.39 is 5.60 Å². The van der Waals surface area contributed by atoms with E-state index in [-0.39, 0.29) is 6.09 Å². The Kier molecular flexibility index (Phi) is 2.69. The fourth-order valence-corrected chi connectivity index (χ4v) is 1.81. The Bertz CT molecular complexity index is 561. The fourth-order valence-electron chi connectivity index (χ4n) is 1.81. The topological polar surface area (TPSA) is 31.2 Å². The molecule has 0 aliphatic carbocycles. The number of hydrogen-bond donors (Lipinski definition) is 0. The van der Waals surface area contributed by atoms with Crippen LogP contribution >= 0.6 is 0 Å². The van der Waals surface area contributed by atoms with Gasteiger partial charge in [0, 0.05) is 11.6 Å². The zero-order valence-electron chi connectivity index (χ0n) is 10.7. The van der Waals surface area contributed by atoms with E-state index in [4.69, 9.17) is 4.74 Å². The van der Waals surface area contributed by atoms with Crippen LogP contribution in [0.1, 0.15) is 26.3 Å². The van der Waals surface area contributed by atoms with Crippen LogP contribution in [0.25, 0.3) is 10.9 Å². The van der Waals surface area contributed by atoms with Crippen LogP contribution in [-0.4, -0.2) is 16.3 Å². The van der Waals surface area contributed by atoms with Crippen molar-refractivity contribution in [1.29, 1.82) is 0 Å². The van der Waals surface area contributed by atoms with Crippen LogP contribution in [0.2, 0.25) is 0 Å². The molecular formula is C14H17NO2. The van der Waals surface area contributed by atoms with E-state index in [9.17, 15) is 4.79 Å². The maximum Gasteiger partial charge on any atom is 0.418 e. The van der Waals surface area contributed by atoms with Gasteiger partial charge in [-0.3, -0.25) is 4.57 Å². The van der Waals surface area contributed by atoms with E-state index in [1.807, 2.05) is 58.2 Å².